The van der Waals surface area contributed by atoms with Gasteiger partial charge < -0.3 is 15.2 Å². The molecule has 1 aromatic heterocycles. The predicted octanol–water partition coefficient (Wildman–Crippen LogP) is 1.31. The predicted molar refractivity (Wildman–Crippen MR) is 59.4 cm³/mol. The second-order valence-corrected chi connectivity index (χ2v) is 3.55. The topological polar surface area (TPSA) is 74.4 Å². The highest BCUT2D eigenvalue weighted by Crippen LogP contribution is 2.25. The molecule has 1 rings (SSSR count). The fourth-order valence-electron chi connectivity index (χ4n) is 1.17. The SMILES string of the molecule is COC(=O)C[C@H](N)c1cnc(OC)c(Cl)c1. The summed E-state index contributed by atoms with van der Waals surface area (Å²) in [5.74, 6) is -0.0462. The van der Waals surface area contributed by atoms with Crippen LogP contribution >= 0.6 is 11.6 Å². The molecule has 16 heavy (non-hydrogen) atoms. The van der Waals surface area contributed by atoms with Crippen LogP contribution in [-0.4, -0.2) is 25.2 Å². The van der Waals surface area contributed by atoms with Crippen LogP contribution in [-0.2, 0) is 9.53 Å². The van der Waals surface area contributed by atoms with Crippen LogP contribution in [0.2, 0.25) is 5.02 Å². The number of ether oxygens (including phenoxy) is 2. The molecule has 2 N–H and O–H groups in total. The summed E-state index contributed by atoms with van der Waals surface area (Å²) in [5.41, 5.74) is 6.45. The summed E-state index contributed by atoms with van der Waals surface area (Å²) in [6.45, 7) is 0. The first kappa shape index (κ1) is 12.7. The summed E-state index contributed by atoms with van der Waals surface area (Å²) in [5, 5.41) is 0.361. The first-order valence-electron chi connectivity index (χ1n) is 4.60. The fraction of sp³-hybridized carbons (Fsp3) is 0.400. The van der Waals surface area contributed by atoms with E-state index < -0.39 is 6.04 Å². The summed E-state index contributed by atoms with van der Waals surface area (Å²) in [7, 11) is 2.79. The molecular formula is C10H13ClN2O3. The molecule has 1 heterocycles. The van der Waals surface area contributed by atoms with Gasteiger partial charge in [-0.15, -0.1) is 0 Å². The monoisotopic (exact) mass is 244 g/mol. The number of hydrogen-bond acceptors (Lipinski definition) is 5. The number of aromatic nitrogens is 1. The molecule has 88 valence electrons. The molecule has 0 aliphatic heterocycles. The molecule has 0 radical (unpaired) electrons. The number of methoxy groups -OCH3 is 2. The lowest BCUT2D eigenvalue weighted by molar-refractivity contribution is -0.141. The van der Waals surface area contributed by atoms with Gasteiger partial charge in [0.2, 0.25) is 5.88 Å². The molecule has 6 heteroatoms. The number of carbonyl (C=O) groups excluding carboxylic acids is 1. The van der Waals surface area contributed by atoms with Crippen LogP contribution in [0.15, 0.2) is 12.3 Å². The van der Waals surface area contributed by atoms with E-state index in [4.69, 9.17) is 22.1 Å². The van der Waals surface area contributed by atoms with Crippen molar-refractivity contribution >= 4 is 17.6 Å². The molecule has 0 aliphatic rings. The highest BCUT2D eigenvalue weighted by atomic mass is 35.5. The van der Waals surface area contributed by atoms with Crippen LogP contribution < -0.4 is 10.5 Å². The van der Waals surface area contributed by atoms with E-state index >= 15 is 0 Å². The third-order valence-electron chi connectivity index (χ3n) is 2.06. The molecule has 0 fully saturated rings. The maximum atomic E-state index is 11.0. The van der Waals surface area contributed by atoms with Crippen LogP contribution in [0.3, 0.4) is 0 Å². The van der Waals surface area contributed by atoms with Gasteiger partial charge in [0.15, 0.2) is 0 Å². The third kappa shape index (κ3) is 3.08. The van der Waals surface area contributed by atoms with Gasteiger partial charge in [0.1, 0.15) is 5.02 Å². The van der Waals surface area contributed by atoms with E-state index in [-0.39, 0.29) is 12.4 Å². The molecule has 0 saturated carbocycles. The van der Waals surface area contributed by atoms with Gasteiger partial charge in [0.25, 0.3) is 0 Å². The van der Waals surface area contributed by atoms with E-state index in [0.29, 0.717) is 16.5 Å². The first-order chi connectivity index (χ1) is 7.58. The average Bonchev–Trinajstić information content (AvgIpc) is 2.28. The minimum Gasteiger partial charge on any atom is -0.480 e. The largest absolute Gasteiger partial charge is 0.480 e. The Balaban J connectivity index is 2.80. The number of carbonyl (C=O) groups is 1. The van der Waals surface area contributed by atoms with E-state index in [0.717, 1.165) is 0 Å². The summed E-state index contributed by atoms with van der Waals surface area (Å²) in [6.07, 6.45) is 1.61. The van der Waals surface area contributed by atoms with Gasteiger partial charge in [-0.25, -0.2) is 4.98 Å². The second-order valence-electron chi connectivity index (χ2n) is 3.15. The third-order valence-corrected chi connectivity index (χ3v) is 2.34. The van der Waals surface area contributed by atoms with Crippen molar-refractivity contribution in [3.05, 3.63) is 22.8 Å². The zero-order valence-corrected chi connectivity index (χ0v) is 9.82. The van der Waals surface area contributed by atoms with Crippen molar-refractivity contribution in [3.8, 4) is 5.88 Å². The molecule has 0 aliphatic carbocycles. The van der Waals surface area contributed by atoms with Crippen LogP contribution in [0.4, 0.5) is 0 Å². The van der Waals surface area contributed by atoms with Crippen LogP contribution in [0, 0.1) is 0 Å². The highest BCUT2D eigenvalue weighted by Gasteiger charge is 2.14. The molecule has 0 bridgehead atoms. The zero-order valence-electron chi connectivity index (χ0n) is 9.07. The minimum absolute atomic E-state index is 0.0842. The summed E-state index contributed by atoms with van der Waals surface area (Å²) in [6, 6.07) is 1.14. The van der Waals surface area contributed by atoms with Gasteiger partial charge in [-0.3, -0.25) is 4.79 Å². The Labute approximate surface area is 98.5 Å². The Morgan fingerprint density at radius 1 is 1.62 bits per heavy atom. The first-order valence-corrected chi connectivity index (χ1v) is 4.98. The van der Waals surface area contributed by atoms with Gasteiger partial charge in [0.05, 0.1) is 20.6 Å². The molecule has 1 atom stereocenters. The normalized spacial score (nSPS) is 12.0. The lowest BCUT2D eigenvalue weighted by Crippen LogP contribution is -2.16. The smallest absolute Gasteiger partial charge is 0.307 e. The van der Waals surface area contributed by atoms with Gasteiger partial charge in [-0.05, 0) is 11.6 Å². The molecule has 1 aromatic rings. The maximum Gasteiger partial charge on any atom is 0.307 e. The van der Waals surface area contributed by atoms with Gasteiger partial charge >= 0.3 is 5.97 Å². The average molecular weight is 245 g/mol. The van der Waals surface area contributed by atoms with E-state index in [2.05, 4.69) is 9.72 Å². The lowest BCUT2D eigenvalue weighted by Gasteiger charge is -2.11. The molecule has 0 amide bonds. The number of nitrogens with two attached hydrogens (primary N) is 1. The number of hydrogen-bond donors (Lipinski definition) is 1. The fourth-order valence-corrected chi connectivity index (χ4v) is 1.43. The van der Waals surface area contributed by atoms with Crippen LogP contribution in [0.5, 0.6) is 5.88 Å². The van der Waals surface area contributed by atoms with Crippen molar-refractivity contribution in [2.45, 2.75) is 12.5 Å². The Morgan fingerprint density at radius 3 is 2.81 bits per heavy atom. The summed E-state index contributed by atoms with van der Waals surface area (Å²) < 4.78 is 9.43. The molecule has 0 aromatic carbocycles. The van der Waals surface area contributed by atoms with Crippen molar-refractivity contribution in [2.24, 2.45) is 5.73 Å². The molecule has 0 saturated heterocycles. The van der Waals surface area contributed by atoms with E-state index in [1.807, 2.05) is 0 Å². The quantitative estimate of drug-likeness (QED) is 0.809. The molecular weight excluding hydrogens is 232 g/mol. The van der Waals surface area contributed by atoms with Crippen molar-refractivity contribution in [3.63, 3.8) is 0 Å². The van der Waals surface area contributed by atoms with Crippen molar-refractivity contribution in [2.75, 3.05) is 14.2 Å². The number of halogens is 1. The van der Waals surface area contributed by atoms with Gasteiger partial charge in [-0.1, -0.05) is 11.6 Å². The maximum absolute atomic E-state index is 11.0. The number of esters is 1. The van der Waals surface area contributed by atoms with Crippen molar-refractivity contribution < 1.29 is 14.3 Å². The Kier molecular flexibility index (Phi) is 4.52. The standard InChI is InChI=1S/C10H13ClN2O3/c1-15-9(14)4-8(12)6-3-7(11)10(16-2)13-5-6/h3,5,8H,4,12H2,1-2H3/t8-/m0/s1. The van der Waals surface area contributed by atoms with E-state index in [1.165, 1.54) is 20.4 Å². The van der Waals surface area contributed by atoms with Crippen LogP contribution in [0.25, 0.3) is 0 Å². The Hall–Kier alpha value is -1.33. The Morgan fingerprint density at radius 2 is 2.31 bits per heavy atom. The van der Waals surface area contributed by atoms with Crippen molar-refractivity contribution in [1.29, 1.82) is 0 Å². The lowest BCUT2D eigenvalue weighted by atomic mass is 10.1. The van der Waals surface area contributed by atoms with E-state index in [9.17, 15) is 4.79 Å². The van der Waals surface area contributed by atoms with Crippen LogP contribution in [0.1, 0.15) is 18.0 Å². The second kappa shape index (κ2) is 5.67. The van der Waals surface area contributed by atoms with E-state index in [1.54, 1.807) is 6.07 Å². The minimum atomic E-state index is -0.483. The van der Waals surface area contributed by atoms with Gasteiger partial charge in [-0.2, -0.15) is 0 Å². The number of pyridine rings is 1. The Bertz CT molecular complexity index is 384. The highest BCUT2D eigenvalue weighted by molar-refractivity contribution is 6.31. The molecule has 5 nitrogen and oxygen atoms in total. The van der Waals surface area contributed by atoms with Gasteiger partial charge in [0, 0.05) is 12.2 Å². The van der Waals surface area contributed by atoms with Crippen molar-refractivity contribution in [1.82, 2.24) is 4.98 Å². The molecule has 0 spiro atoms. The number of rotatable bonds is 4. The number of nitrogens with zero attached hydrogens (tertiary/aromatic N) is 1. The molecule has 0 unspecified atom stereocenters. The summed E-state index contributed by atoms with van der Waals surface area (Å²) in [4.78, 5) is 15.0. The summed E-state index contributed by atoms with van der Waals surface area (Å²) >= 11 is 5.88. The zero-order chi connectivity index (χ0) is 12.1.